The van der Waals surface area contributed by atoms with Crippen molar-refractivity contribution < 1.29 is 28.6 Å². The van der Waals surface area contributed by atoms with Gasteiger partial charge in [0.15, 0.2) is 0 Å². The fraction of sp³-hybridized carbons (Fsp3) is 0.531. The first-order chi connectivity index (χ1) is 19.9. The molecule has 2 aromatic heterocycles. The van der Waals surface area contributed by atoms with Gasteiger partial charge in [0, 0.05) is 47.5 Å². The van der Waals surface area contributed by atoms with E-state index in [-0.39, 0.29) is 38.2 Å². The third-order valence-electron chi connectivity index (χ3n) is 7.73. The molecule has 0 saturated heterocycles. The summed E-state index contributed by atoms with van der Waals surface area (Å²) in [4.78, 5) is 36.4. The minimum Gasteiger partial charge on any atom is -0.481 e. The number of aliphatic carboxylic acids is 1. The van der Waals surface area contributed by atoms with Crippen LogP contribution in [-0.4, -0.2) is 81.5 Å². The molecule has 1 aromatic carbocycles. The second kappa shape index (κ2) is 13.1. The van der Waals surface area contributed by atoms with Gasteiger partial charge in [-0.05, 0) is 70.7 Å². The number of carboxylic acid groups (broad SMARTS) is 1. The van der Waals surface area contributed by atoms with E-state index in [1.165, 1.54) is 15.8 Å². The molecule has 0 bridgehead atoms. The first kappa shape index (κ1) is 31.3. The minimum atomic E-state index is -0.832. The molecular weight excluding hydrogens is 539 g/mol. The van der Waals surface area contributed by atoms with Crippen LogP contribution in [0.1, 0.15) is 69.5 Å². The molecule has 1 aliphatic rings. The fourth-order valence-electron chi connectivity index (χ4n) is 5.62. The Labute approximate surface area is 247 Å². The highest BCUT2D eigenvalue weighted by Gasteiger charge is 2.38. The lowest BCUT2D eigenvalue weighted by Crippen LogP contribution is -2.46. The summed E-state index contributed by atoms with van der Waals surface area (Å²) < 4.78 is 24.5. The number of benzene rings is 1. The van der Waals surface area contributed by atoms with E-state index in [4.69, 9.17) is 9.47 Å². The van der Waals surface area contributed by atoms with Gasteiger partial charge in [-0.1, -0.05) is 25.1 Å². The molecule has 2 N–H and O–H groups in total. The van der Waals surface area contributed by atoms with E-state index in [1.54, 1.807) is 33.9 Å². The number of carbonyl (C=O) groups is 2. The maximum atomic E-state index is 12.9. The number of pyridine rings is 1. The predicted molar refractivity (Wildman–Crippen MR) is 160 cm³/mol. The number of carbonyl (C=O) groups excluding carboxylic acids is 1. The molecule has 1 aliphatic heterocycles. The van der Waals surface area contributed by atoms with Crippen molar-refractivity contribution in [3.63, 3.8) is 0 Å². The van der Waals surface area contributed by atoms with E-state index >= 15 is 0 Å². The quantitative estimate of drug-likeness (QED) is 0.290. The number of fused-ring (bicyclic) bond motifs is 3. The second-order valence-electron chi connectivity index (χ2n) is 12.1. The van der Waals surface area contributed by atoms with Gasteiger partial charge in [-0.15, -0.1) is 0 Å². The van der Waals surface area contributed by atoms with Crippen molar-refractivity contribution >= 4 is 23.0 Å². The molecule has 3 aromatic rings. The number of alkyl halides is 1. The molecule has 42 heavy (non-hydrogen) atoms. The fourth-order valence-corrected chi connectivity index (χ4v) is 5.62. The lowest BCUT2D eigenvalue weighted by Gasteiger charge is -2.42. The zero-order chi connectivity index (χ0) is 30.6. The molecule has 0 aliphatic carbocycles. The molecule has 4 rings (SSSR count). The van der Waals surface area contributed by atoms with Crippen LogP contribution in [0.5, 0.6) is 5.88 Å². The van der Waals surface area contributed by atoms with Crippen molar-refractivity contribution in [2.45, 2.75) is 72.1 Å². The monoisotopic (exact) mass is 582 g/mol. The molecular formula is C32H43FN4O5. The predicted octanol–water partition coefficient (Wildman–Crippen LogP) is 5.90. The van der Waals surface area contributed by atoms with Crippen LogP contribution in [0.4, 0.5) is 9.18 Å². The van der Waals surface area contributed by atoms with Gasteiger partial charge in [0.25, 0.3) is 0 Å². The van der Waals surface area contributed by atoms with Crippen molar-refractivity contribution in [3.8, 4) is 5.88 Å². The number of aromatic nitrogens is 2. The Morgan fingerprint density at radius 2 is 1.98 bits per heavy atom. The van der Waals surface area contributed by atoms with Crippen molar-refractivity contribution in [1.29, 1.82) is 0 Å². The Balaban J connectivity index is 1.64. The van der Waals surface area contributed by atoms with E-state index in [0.717, 1.165) is 28.8 Å². The number of hydrogen-bond donors (Lipinski definition) is 2. The van der Waals surface area contributed by atoms with E-state index in [9.17, 15) is 19.1 Å². The zero-order valence-corrected chi connectivity index (χ0v) is 25.4. The number of hydrogen-bond acceptors (Lipinski definition) is 6. The van der Waals surface area contributed by atoms with Crippen LogP contribution in [0.25, 0.3) is 10.9 Å². The van der Waals surface area contributed by atoms with Gasteiger partial charge in [0.05, 0.1) is 25.2 Å². The average Bonchev–Trinajstić information content (AvgIpc) is 3.29. The summed E-state index contributed by atoms with van der Waals surface area (Å²) >= 11 is 0. The minimum absolute atomic E-state index is 0.0957. The third kappa shape index (κ3) is 7.03. The summed E-state index contributed by atoms with van der Waals surface area (Å²) in [6, 6.07) is 10.1. The Morgan fingerprint density at radius 1 is 1.24 bits per heavy atom. The van der Waals surface area contributed by atoms with E-state index in [1.807, 2.05) is 25.1 Å². The summed E-state index contributed by atoms with van der Waals surface area (Å²) in [5.74, 6) is -0.952. The summed E-state index contributed by atoms with van der Waals surface area (Å²) in [5.41, 5.74) is 4.48. The zero-order valence-electron chi connectivity index (χ0n) is 25.4. The standard InChI is InChI=1S/C32H43FN4O5/c1-20(30(38)39)19-37-21(2)18-25-24-10-7-8-11-26(24)35-27(25)28(37)23-12-14-34-29(22(23)3)41-17-16-36(15-9-13-33)31(40)42-32(4,5)6/h7-8,10-12,14,20-21,28,35H,9,13,15-19H2,1-6H3,(H,38,39)/t20?,21-,28-/m1/s1. The molecule has 3 heterocycles. The van der Waals surface area contributed by atoms with E-state index < -0.39 is 30.3 Å². The number of ether oxygens (including phenoxy) is 2. The largest absolute Gasteiger partial charge is 0.481 e. The van der Waals surface area contributed by atoms with Crippen LogP contribution in [0.3, 0.4) is 0 Å². The SMILES string of the molecule is Cc1c([C@@H]2c3[nH]c4ccccc4c3C[C@@H](C)N2CC(C)C(=O)O)ccnc1OCCN(CCCF)C(=O)OC(C)(C)C. The van der Waals surface area contributed by atoms with Gasteiger partial charge in [-0.3, -0.25) is 14.1 Å². The molecule has 0 fully saturated rings. The highest BCUT2D eigenvalue weighted by atomic mass is 19.1. The number of nitrogens with zero attached hydrogens (tertiary/aromatic N) is 3. The first-order valence-electron chi connectivity index (χ1n) is 14.6. The Bertz CT molecular complexity index is 1400. The van der Waals surface area contributed by atoms with Gasteiger partial charge in [-0.2, -0.15) is 0 Å². The molecule has 1 amide bonds. The van der Waals surface area contributed by atoms with Crippen LogP contribution in [0.2, 0.25) is 0 Å². The van der Waals surface area contributed by atoms with Crippen molar-refractivity contribution in [3.05, 3.63) is 58.9 Å². The van der Waals surface area contributed by atoms with Gasteiger partial charge in [0.1, 0.15) is 12.2 Å². The van der Waals surface area contributed by atoms with E-state index in [0.29, 0.717) is 12.4 Å². The molecule has 10 heteroatoms. The normalized spacial score (nSPS) is 18.0. The van der Waals surface area contributed by atoms with Crippen LogP contribution in [0.15, 0.2) is 36.5 Å². The molecule has 0 saturated carbocycles. The summed E-state index contributed by atoms with van der Waals surface area (Å²) in [5, 5.41) is 10.9. The Kier molecular flexibility index (Phi) is 9.76. The van der Waals surface area contributed by atoms with E-state index in [2.05, 4.69) is 33.9 Å². The van der Waals surface area contributed by atoms with Crippen LogP contribution in [0, 0.1) is 12.8 Å². The number of carboxylic acids is 1. The molecule has 0 spiro atoms. The average molecular weight is 583 g/mol. The maximum Gasteiger partial charge on any atom is 0.410 e. The molecule has 0 radical (unpaired) electrons. The van der Waals surface area contributed by atoms with Crippen LogP contribution in [-0.2, 0) is 16.0 Å². The van der Waals surface area contributed by atoms with Gasteiger partial charge in [-0.25, -0.2) is 9.78 Å². The highest BCUT2D eigenvalue weighted by molar-refractivity contribution is 5.85. The molecule has 228 valence electrons. The number of halogens is 1. The lowest BCUT2D eigenvalue weighted by molar-refractivity contribution is -0.142. The number of H-pyrrole nitrogens is 1. The van der Waals surface area contributed by atoms with Crippen LogP contribution >= 0.6 is 0 Å². The second-order valence-corrected chi connectivity index (χ2v) is 12.1. The number of nitrogens with one attached hydrogen (secondary N) is 1. The van der Waals surface area contributed by atoms with Crippen molar-refractivity contribution in [1.82, 2.24) is 19.8 Å². The van der Waals surface area contributed by atoms with Crippen LogP contribution < -0.4 is 4.74 Å². The smallest absolute Gasteiger partial charge is 0.410 e. The van der Waals surface area contributed by atoms with Gasteiger partial charge >= 0.3 is 12.1 Å². The Hall–Kier alpha value is -3.66. The number of aromatic amines is 1. The molecule has 1 unspecified atom stereocenters. The first-order valence-corrected chi connectivity index (χ1v) is 14.6. The van der Waals surface area contributed by atoms with Gasteiger partial charge in [0.2, 0.25) is 5.88 Å². The highest BCUT2D eigenvalue weighted by Crippen LogP contribution is 2.42. The number of amides is 1. The lowest BCUT2D eigenvalue weighted by atomic mass is 9.86. The topological polar surface area (TPSA) is 108 Å². The number of para-hydroxylation sites is 1. The summed E-state index contributed by atoms with van der Waals surface area (Å²) in [6.45, 7) is 11.6. The Morgan fingerprint density at radius 3 is 2.67 bits per heavy atom. The van der Waals surface area contributed by atoms with Gasteiger partial charge < -0.3 is 24.5 Å². The third-order valence-corrected chi connectivity index (χ3v) is 7.73. The van der Waals surface area contributed by atoms with Crippen molar-refractivity contribution in [2.75, 3.05) is 32.9 Å². The number of rotatable bonds is 11. The molecule has 3 atom stereocenters. The molecule has 9 nitrogen and oxygen atoms in total. The summed E-state index contributed by atoms with van der Waals surface area (Å²) in [6.07, 6.45) is 2.20. The van der Waals surface area contributed by atoms with Crippen molar-refractivity contribution in [2.24, 2.45) is 5.92 Å². The maximum absolute atomic E-state index is 12.9. The summed E-state index contributed by atoms with van der Waals surface area (Å²) in [7, 11) is 0.